The second kappa shape index (κ2) is 5.67. The third-order valence-corrected chi connectivity index (χ3v) is 3.39. The molecule has 1 aromatic carbocycles. The molecular formula is C13H19ClN2. The first-order chi connectivity index (χ1) is 7.78. The topological polar surface area (TPSA) is 15.3 Å². The van der Waals surface area contributed by atoms with Crippen LogP contribution in [0.25, 0.3) is 0 Å². The van der Waals surface area contributed by atoms with Gasteiger partial charge in [-0.05, 0) is 50.2 Å². The Balaban J connectivity index is 1.87. The average molecular weight is 239 g/mol. The molecule has 1 unspecified atom stereocenters. The van der Waals surface area contributed by atoms with E-state index in [0.717, 1.165) is 24.0 Å². The second-order valence-electron chi connectivity index (χ2n) is 4.58. The van der Waals surface area contributed by atoms with Crippen molar-refractivity contribution in [3.8, 4) is 0 Å². The van der Waals surface area contributed by atoms with Gasteiger partial charge in [0.15, 0.2) is 0 Å². The molecule has 0 amide bonds. The van der Waals surface area contributed by atoms with Crippen LogP contribution >= 0.6 is 11.6 Å². The minimum Gasteiger partial charge on any atom is -0.319 e. The molecule has 1 atom stereocenters. The fraction of sp³-hybridized carbons (Fsp3) is 0.538. The van der Waals surface area contributed by atoms with E-state index >= 15 is 0 Å². The molecule has 0 radical (unpaired) electrons. The van der Waals surface area contributed by atoms with E-state index in [2.05, 4.69) is 22.3 Å². The maximum absolute atomic E-state index is 5.98. The van der Waals surface area contributed by atoms with Crippen LogP contribution in [0.2, 0.25) is 5.02 Å². The highest BCUT2D eigenvalue weighted by Gasteiger charge is 2.21. The van der Waals surface area contributed by atoms with E-state index in [1.807, 2.05) is 19.2 Å². The van der Waals surface area contributed by atoms with Crippen molar-refractivity contribution in [1.82, 2.24) is 10.2 Å². The van der Waals surface area contributed by atoms with Crippen LogP contribution in [-0.2, 0) is 6.54 Å². The molecular weight excluding hydrogens is 220 g/mol. The standard InChI is InChI=1S/C13H19ClN2/c1-15-8-12-5-6-16(10-12)9-11-3-2-4-13(14)7-11/h2-4,7,12,15H,5-6,8-10H2,1H3. The van der Waals surface area contributed by atoms with Crippen molar-refractivity contribution in [2.75, 3.05) is 26.7 Å². The summed E-state index contributed by atoms with van der Waals surface area (Å²) in [5, 5.41) is 4.09. The van der Waals surface area contributed by atoms with E-state index in [1.54, 1.807) is 0 Å². The molecule has 1 aliphatic heterocycles. The predicted octanol–water partition coefficient (Wildman–Crippen LogP) is 2.38. The van der Waals surface area contributed by atoms with Crippen LogP contribution in [0.3, 0.4) is 0 Å². The van der Waals surface area contributed by atoms with Gasteiger partial charge >= 0.3 is 0 Å². The lowest BCUT2D eigenvalue weighted by Gasteiger charge is -2.16. The number of rotatable bonds is 4. The Bertz CT molecular complexity index is 340. The first-order valence-electron chi connectivity index (χ1n) is 5.89. The van der Waals surface area contributed by atoms with E-state index in [0.29, 0.717) is 0 Å². The lowest BCUT2D eigenvalue weighted by molar-refractivity contribution is 0.315. The third kappa shape index (κ3) is 3.21. The molecule has 0 aromatic heterocycles. The van der Waals surface area contributed by atoms with Crippen LogP contribution < -0.4 is 5.32 Å². The molecule has 3 heteroatoms. The maximum atomic E-state index is 5.98. The highest BCUT2D eigenvalue weighted by atomic mass is 35.5. The van der Waals surface area contributed by atoms with E-state index in [4.69, 9.17) is 11.6 Å². The van der Waals surface area contributed by atoms with Crippen LogP contribution in [0.1, 0.15) is 12.0 Å². The summed E-state index contributed by atoms with van der Waals surface area (Å²) in [6.07, 6.45) is 1.31. The zero-order valence-electron chi connectivity index (χ0n) is 9.75. The zero-order chi connectivity index (χ0) is 11.4. The van der Waals surface area contributed by atoms with Crippen molar-refractivity contribution in [1.29, 1.82) is 0 Å². The first kappa shape index (κ1) is 11.9. The quantitative estimate of drug-likeness (QED) is 0.867. The molecule has 2 nitrogen and oxygen atoms in total. The molecule has 0 saturated carbocycles. The summed E-state index contributed by atoms with van der Waals surface area (Å²) in [5.41, 5.74) is 1.32. The van der Waals surface area contributed by atoms with Crippen molar-refractivity contribution >= 4 is 11.6 Å². The number of likely N-dealkylation sites (tertiary alicyclic amines) is 1. The zero-order valence-corrected chi connectivity index (χ0v) is 10.5. The largest absolute Gasteiger partial charge is 0.319 e. The van der Waals surface area contributed by atoms with Crippen molar-refractivity contribution in [3.05, 3.63) is 34.9 Å². The number of hydrogen-bond donors (Lipinski definition) is 1. The molecule has 1 aliphatic rings. The summed E-state index contributed by atoms with van der Waals surface area (Å²) in [6, 6.07) is 8.17. The predicted molar refractivity (Wildman–Crippen MR) is 68.8 cm³/mol. The fourth-order valence-corrected chi connectivity index (χ4v) is 2.62. The molecule has 0 bridgehead atoms. The number of nitrogens with zero attached hydrogens (tertiary/aromatic N) is 1. The Hall–Kier alpha value is -0.570. The molecule has 1 heterocycles. The van der Waals surface area contributed by atoms with Crippen LogP contribution in [-0.4, -0.2) is 31.6 Å². The Morgan fingerprint density at radius 3 is 3.12 bits per heavy atom. The van der Waals surface area contributed by atoms with Gasteiger partial charge in [0.05, 0.1) is 0 Å². The van der Waals surface area contributed by atoms with Gasteiger partial charge in [-0.2, -0.15) is 0 Å². The molecule has 16 heavy (non-hydrogen) atoms. The lowest BCUT2D eigenvalue weighted by atomic mass is 10.1. The van der Waals surface area contributed by atoms with Gasteiger partial charge < -0.3 is 5.32 Å². The van der Waals surface area contributed by atoms with Crippen LogP contribution in [0.15, 0.2) is 24.3 Å². The SMILES string of the molecule is CNCC1CCN(Cc2cccc(Cl)c2)C1. The van der Waals surface area contributed by atoms with Gasteiger partial charge in [0.25, 0.3) is 0 Å². The number of hydrogen-bond acceptors (Lipinski definition) is 2. The van der Waals surface area contributed by atoms with Crippen molar-refractivity contribution < 1.29 is 0 Å². The van der Waals surface area contributed by atoms with Gasteiger partial charge in [0, 0.05) is 18.1 Å². The first-order valence-corrected chi connectivity index (χ1v) is 6.27. The van der Waals surface area contributed by atoms with Gasteiger partial charge in [0.2, 0.25) is 0 Å². The molecule has 1 fully saturated rings. The summed E-state index contributed by atoms with van der Waals surface area (Å²) in [5.74, 6) is 0.809. The summed E-state index contributed by atoms with van der Waals surface area (Å²) in [6.45, 7) is 4.57. The fourth-order valence-electron chi connectivity index (χ4n) is 2.41. The summed E-state index contributed by atoms with van der Waals surface area (Å²) < 4.78 is 0. The van der Waals surface area contributed by atoms with Gasteiger partial charge in [0.1, 0.15) is 0 Å². The number of halogens is 1. The van der Waals surface area contributed by atoms with Gasteiger partial charge in [-0.3, -0.25) is 4.90 Å². The average Bonchev–Trinajstić information content (AvgIpc) is 2.66. The van der Waals surface area contributed by atoms with Gasteiger partial charge in [-0.25, -0.2) is 0 Å². The lowest BCUT2D eigenvalue weighted by Crippen LogP contribution is -2.24. The minimum atomic E-state index is 0.809. The molecule has 0 spiro atoms. The highest BCUT2D eigenvalue weighted by Crippen LogP contribution is 2.19. The van der Waals surface area contributed by atoms with Crippen molar-refractivity contribution in [2.45, 2.75) is 13.0 Å². The Morgan fingerprint density at radius 1 is 1.50 bits per heavy atom. The van der Waals surface area contributed by atoms with Crippen molar-refractivity contribution in [3.63, 3.8) is 0 Å². The van der Waals surface area contributed by atoms with E-state index in [9.17, 15) is 0 Å². The number of nitrogens with one attached hydrogen (secondary N) is 1. The molecule has 1 aromatic rings. The van der Waals surface area contributed by atoms with Gasteiger partial charge in [-0.1, -0.05) is 23.7 Å². The molecule has 1 saturated heterocycles. The number of benzene rings is 1. The van der Waals surface area contributed by atoms with E-state index in [1.165, 1.54) is 25.1 Å². The van der Waals surface area contributed by atoms with E-state index in [-0.39, 0.29) is 0 Å². The Kier molecular flexibility index (Phi) is 4.22. The maximum Gasteiger partial charge on any atom is 0.0409 e. The second-order valence-corrected chi connectivity index (χ2v) is 5.01. The smallest absolute Gasteiger partial charge is 0.0409 e. The Morgan fingerprint density at radius 2 is 2.38 bits per heavy atom. The van der Waals surface area contributed by atoms with Crippen molar-refractivity contribution in [2.24, 2.45) is 5.92 Å². The van der Waals surface area contributed by atoms with E-state index < -0.39 is 0 Å². The van der Waals surface area contributed by atoms with Crippen LogP contribution in [0, 0.1) is 5.92 Å². The summed E-state index contributed by atoms with van der Waals surface area (Å²) in [4.78, 5) is 2.51. The molecule has 1 N–H and O–H groups in total. The molecule has 0 aliphatic carbocycles. The Labute approximate surface area is 103 Å². The molecule has 88 valence electrons. The van der Waals surface area contributed by atoms with Crippen LogP contribution in [0.5, 0.6) is 0 Å². The van der Waals surface area contributed by atoms with Gasteiger partial charge in [-0.15, -0.1) is 0 Å². The third-order valence-electron chi connectivity index (χ3n) is 3.16. The minimum absolute atomic E-state index is 0.809. The van der Waals surface area contributed by atoms with Crippen LogP contribution in [0.4, 0.5) is 0 Å². The summed E-state index contributed by atoms with van der Waals surface area (Å²) >= 11 is 5.98. The normalized spacial score (nSPS) is 21.5. The summed E-state index contributed by atoms with van der Waals surface area (Å²) in [7, 11) is 2.03. The monoisotopic (exact) mass is 238 g/mol. The molecule has 2 rings (SSSR count). The highest BCUT2D eigenvalue weighted by molar-refractivity contribution is 6.30.